The van der Waals surface area contributed by atoms with Crippen molar-refractivity contribution < 1.29 is 17.6 Å². The standard InChI is InChI=1S/C15H15FN2O3S/c1-2-17-15(19)11-6-5-7-12(10-11)22(20,21)18-14-9-4-3-8-13(14)16/h3-10,18H,2H2,1H3,(H,17,19). The third kappa shape index (κ3) is 3.62. The van der Waals surface area contributed by atoms with Crippen molar-refractivity contribution in [1.82, 2.24) is 5.32 Å². The second-order valence-corrected chi connectivity index (χ2v) is 6.16. The van der Waals surface area contributed by atoms with Crippen LogP contribution < -0.4 is 10.0 Å². The lowest BCUT2D eigenvalue weighted by Gasteiger charge is -2.10. The normalized spacial score (nSPS) is 11.0. The van der Waals surface area contributed by atoms with Crippen LogP contribution >= 0.6 is 0 Å². The lowest BCUT2D eigenvalue weighted by Crippen LogP contribution is -2.23. The van der Waals surface area contributed by atoms with E-state index in [1.54, 1.807) is 6.92 Å². The second kappa shape index (κ2) is 6.57. The molecule has 0 heterocycles. The van der Waals surface area contributed by atoms with Gasteiger partial charge in [-0.15, -0.1) is 0 Å². The molecule has 0 fully saturated rings. The van der Waals surface area contributed by atoms with Crippen molar-refractivity contribution >= 4 is 21.6 Å². The predicted molar refractivity (Wildman–Crippen MR) is 81.7 cm³/mol. The molecule has 0 aromatic heterocycles. The number of hydrogen-bond donors (Lipinski definition) is 2. The van der Waals surface area contributed by atoms with Gasteiger partial charge in [0.25, 0.3) is 15.9 Å². The maximum absolute atomic E-state index is 13.6. The van der Waals surface area contributed by atoms with Gasteiger partial charge in [0.2, 0.25) is 0 Å². The fraction of sp³-hybridized carbons (Fsp3) is 0.133. The average Bonchev–Trinajstić information content (AvgIpc) is 2.50. The first-order valence-corrected chi connectivity index (χ1v) is 8.08. The van der Waals surface area contributed by atoms with Crippen molar-refractivity contribution in [2.75, 3.05) is 11.3 Å². The Morgan fingerprint density at radius 1 is 1.14 bits per heavy atom. The Hall–Kier alpha value is -2.41. The van der Waals surface area contributed by atoms with Crippen LogP contribution in [0.1, 0.15) is 17.3 Å². The van der Waals surface area contributed by atoms with Gasteiger partial charge in [-0.2, -0.15) is 0 Å². The van der Waals surface area contributed by atoms with E-state index in [9.17, 15) is 17.6 Å². The third-order valence-electron chi connectivity index (χ3n) is 2.86. The van der Waals surface area contributed by atoms with Gasteiger partial charge in [-0.3, -0.25) is 9.52 Å². The zero-order valence-electron chi connectivity index (χ0n) is 11.8. The summed E-state index contributed by atoms with van der Waals surface area (Å²) in [6, 6.07) is 11.0. The molecule has 5 nitrogen and oxygen atoms in total. The largest absolute Gasteiger partial charge is 0.352 e. The number of sulfonamides is 1. The Balaban J connectivity index is 2.32. The van der Waals surface area contributed by atoms with Crippen molar-refractivity contribution in [3.8, 4) is 0 Å². The van der Waals surface area contributed by atoms with Crippen molar-refractivity contribution in [3.05, 3.63) is 59.9 Å². The van der Waals surface area contributed by atoms with E-state index < -0.39 is 15.8 Å². The van der Waals surface area contributed by atoms with Gasteiger partial charge in [-0.05, 0) is 37.3 Å². The number of benzene rings is 2. The molecule has 1 amide bonds. The fourth-order valence-corrected chi connectivity index (χ4v) is 2.93. The van der Waals surface area contributed by atoms with E-state index in [-0.39, 0.29) is 22.1 Å². The molecule has 0 spiro atoms. The Bertz CT molecular complexity index is 791. The zero-order chi connectivity index (χ0) is 16.2. The molecule has 0 atom stereocenters. The van der Waals surface area contributed by atoms with E-state index in [2.05, 4.69) is 10.0 Å². The van der Waals surface area contributed by atoms with Crippen LogP contribution in [0.25, 0.3) is 0 Å². The molecule has 0 unspecified atom stereocenters. The number of hydrogen-bond acceptors (Lipinski definition) is 3. The molecule has 2 aromatic rings. The van der Waals surface area contributed by atoms with E-state index in [4.69, 9.17) is 0 Å². The van der Waals surface area contributed by atoms with Crippen molar-refractivity contribution in [2.24, 2.45) is 0 Å². The number of halogens is 1. The number of para-hydroxylation sites is 1. The predicted octanol–water partition coefficient (Wildman–Crippen LogP) is 2.38. The number of amides is 1. The quantitative estimate of drug-likeness (QED) is 0.887. The third-order valence-corrected chi connectivity index (χ3v) is 4.23. The number of carbonyl (C=O) groups is 1. The molecule has 0 bridgehead atoms. The van der Waals surface area contributed by atoms with Crippen LogP contribution in [0.5, 0.6) is 0 Å². The SMILES string of the molecule is CCNC(=O)c1cccc(S(=O)(=O)Nc2ccccc2F)c1. The highest BCUT2D eigenvalue weighted by atomic mass is 32.2. The highest BCUT2D eigenvalue weighted by molar-refractivity contribution is 7.92. The van der Waals surface area contributed by atoms with Crippen molar-refractivity contribution in [3.63, 3.8) is 0 Å². The number of nitrogens with one attached hydrogen (secondary N) is 2. The molecule has 22 heavy (non-hydrogen) atoms. The monoisotopic (exact) mass is 322 g/mol. The van der Waals surface area contributed by atoms with Crippen LogP contribution in [0.4, 0.5) is 10.1 Å². The molecular formula is C15H15FN2O3S. The first-order chi connectivity index (χ1) is 10.4. The van der Waals surface area contributed by atoms with E-state index in [0.717, 1.165) is 6.07 Å². The minimum Gasteiger partial charge on any atom is -0.352 e. The van der Waals surface area contributed by atoms with Crippen LogP contribution in [0, 0.1) is 5.82 Å². The second-order valence-electron chi connectivity index (χ2n) is 4.47. The summed E-state index contributed by atoms with van der Waals surface area (Å²) in [5.74, 6) is -1.05. The molecule has 0 radical (unpaired) electrons. The van der Waals surface area contributed by atoms with E-state index in [0.29, 0.717) is 6.54 Å². The van der Waals surface area contributed by atoms with Gasteiger partial charge < -0.3 is 5.32 Å². The number of anilines is 1. The summed E-state index contributed by atoms with van der Waals surface area (Å²) < 4.78 is 40.3. The molecule has 2 aromatic carbocycles. The number of carbonyl (C=O) groups excluding carboxylic acids is 1. The summed E-state index contributed by atoms with van der Waals surface area (Å²) in [5, 5.41) is 2.59. The lowest BCUT2D eigenvalue weighted by atomic mass is 10.2. The molecule has 0 aliphatic heterocycles. The highest BCUT2D eigenvalue weighted by Crippen LogP contribution is 2.19. The van der Waals surface area contributed by atoms with Crippen LogP contribution in [-0.2, 0) is 10.0 Å². The smallest absolute Gasteiger partial charge is 0.262 e. The summed E-state index contributed by atoms with van der Waals surface area (Å²) in [7, 11) is -3.98. The molecule has 2 rings (SSSR count). The molecule has 0 aliphatic carbocycles. The molecule has 0 saturated heterocycles. The van der Waals surface area contributed by atoms with Gasteiger partial charge in [-0.1, -0.05) is 18.2 Å². The van der Waals surface area contributed by atoms with Gasteiger partial charge in [0.15, 0.2) is 0 Å². The minimum absolute atomic E-state index is 0.112. The van der Waals surface area contributed by atoms with Gasteiger partial charge in [0.1, 0.15) is 5.82 Å². The topological polar surface area (TPSA) is 75.3 Å². The van der Waals surface area contributed by atoms with Gasteiger partial charge >= 0.3 is 0 Å². The van der Waals surface area contributed by atoms with Gasteiger partial charge in [0, 0.05) is 12.1 Å². The summed E-state index contributed by atoms with van der Waals surface area (Å²) >= 11 is 0. The molecule has 0 aliphatic rings. The van der Waals surface area contributed by atoms with Gasteiger partial charge in [-0.25, -0.2) is 12.8 Å². The zero-order valence-corrected chi connectivity index (χ0v) is 12.7. The Morgan fingerprint density at radius 2 is 1.86 bits per heavy atom. The first kappa shape index (κ1) is 16.0. The van der Waals surface area contributed by atoms with Crippen LogP contribution in [-0.4, -0.2) is 20.9 Å². The molecule has 116 valence electrons. The first-order valence-electron chi connectivity index (χ1n) is 6.59. The van der Waals surface area contributed by atoms with Crippen molar-refractivity contribution in [1.29, 1.82) is 0 Å². The molecule has 7 heteroatoms. The summed E-state index contributed by atoms with van der Waals surface area (Å²) in [6.07, 6.45) is 0. The van der Waals surface area contributed by atoms with E-state index >= 15 is 0 Å². The summed E-state index contributed by atoms with van der Waals surface area (Å²) in [4.78, 5) is 11.6. The maximum Gasteiger partial charge on any atom is 0.262 e. The maximum atomic E-state index is 13.6. The van der Waals surface area contributed by atoms with E-state index in [1.165, 1.54) is 42.5 Å². The van der Waals surface area contributed by atoms with Crippen LogP contribution in [0.2, 0.25) is 0 Å². The Labute approximate surface area is 128 Å². The van der Waals surface area contributed by atoms with Crippen LogP contribution in [0.15, 0.2) is 53.4 Å². The van der Waals surface area contributed by atoms with Crippen LogP contribution in [0.3, 0.4) is 0 Å². The Kier molecular flexibility index (Phi) is 4.77. The lowest BCUT2D eigenvalue weighted by molar-refractivity contribution is 0.0955. The number of rotatable bonds is 5. The molecule has 0 saturated carbocycles. The average molecular weight is 322 g/mol. The Morgan fingerprint density at radius 3 is 2.55 bits per heavy atom. The van der Waals surface area contributed by atoms with Gasteiger partial charge in [0.05, 0.1) is 10.6 Å². The minimum atomic E-state index is -3.98. The highest BCUT2D eigenvalue weighted by Gasteiger charge is 2.17. The summed E-state index contributed by atoms with van der Waals surface area (Å²) in [5.41, 5.74) is 0.0733. The van der Waals surface area contributed by atoms with Crippen molar-refractivity contribution in [2.45, 2.75) is 11.8 Å². The molecule has 2 N–H and O–H groups in total. The fourth-order valence-electron chi connectivity index (χ4n) is 1.81. The molecular weight excluding hydrogens is 307 g/mol. The summed E-state index contributed by atoms with van der Waals surface area (Å²) in [6.45, 7) is 2.20. The van der Waals surface area contributed by atoms with E-state index in [1.807, 2.05) is 0 Å².